The van der Waals surface area contributed by atoms with Crippen molar-refractivity contribution in [2.75, 3.05) is 37.7 Å². The number of H-pyrrole nitrogens is 1. The van der Waals surface area contributed by atoms with Gasteiger partial charge in [-0.15, -0.1) is 0 Å². The molecule has 12 heteroatoms. The van der Waals surface area contributed by atoms with Crippen molar-refractivity contribution in [1.29, 1.82) is 0 Å². The van der Waals surface area contributed by atoms with Crippen LogP contribution in [0.1, 0.15) is 49.7 Å². The van der Waals surface area contributed by atoms with E-state index in [0.717, 1.165) is 60.8 Å². The quantitative estimate of drug-likeness (QED) is 0.265. The zero-order valence-corrected chi connectivity index (χ0v) is 25.6. The highest BCUT2D eigenvalue weighted by Crippen LogP contribution is 2.45. The van der Waals surface area contributed by atoms with E-state index in [1.54, 1.807) is 12.3 Å². The second-order valence-corrected chi connectivity index (χ2v) is 13.6. The summed E-state index contributed by atoms with van der Waals surface area (Å²) in [7, 11) is 0. The van der Waals surface area contributed by atoms with Crippen LogP contribution in [0.5, 0.6) is 6.01 Å². The molecule has 2 aromatic heterocycles. The number of aromatic amines is 1. The summed E-state index contributed by atoms with van der Waals surface area (Å²) in [5, 5.41) is 11.7. The molecule has 0 saturated carbocycles. The summed E-state index contributed by atoms with van der Waals surface area (Å²) >= 11 is 6.93. The molecule has 2 aromatic carbocycles. The number of aryl methyl sites for hydroxylation is 1. The molecule has 8 nitrogen and oxygen atoms in total. The van der Waals surface area contributed by atoms with Gasteiger partial charge in [0.2, 0.25) is 0 Å². The van der Waals surface area contributed by atoms with Crippen molar-refractivity contribution in [3.63, 3.8) is 0 Å². The number of fused-ring (bicyclic) bond motifs is 5. The first-order chi connectivity index (χ1) is 21.2. The number of aromatic nitrogens is 4. The number of rotatable bonds is 6. The molecule has 6 heterocycles. The molecular weight excluding hydrogens is 591 g/mol. The maximum absolute atomic E-state index is 17.0. The number of anilines is 1. The first kappa shape index (κ1) is 28.3. The van der Waals surface area contributed by atoms with Crippen molar-refractivity contribution in [3.05, 3.63) is 40.3 Å². The molecule has 0 aliphatic carbocycles. The molecule has 4 aliphatic heterocycles. The minimum atomic E-state index is -2.55. The van der Waals surface area contributed by atoms with Crippen molar-refractivity contribution >= 4 is 39.2 Å². The van der Waals surface area contributed by atoms with E-state index in [-0.39, 0.29) is 40.2 Å². The topological polar surface area (TPSA) is 82.2 Å². The third-order valence-corrected chi connectivity index (χ3v) is 11.0. The lowest BCUT2D eigenvalue weighted by Gasteiger charge is -2.41. The van der Waals surface area contributed by atoms with E-state index in [4.69, 9.17) is 21.3 Å². The Balaban J connectivity index is 1.30. The van der Waals surface area contributed by atoms with Crippen molar-refractivity contribution < 1.29 is 17.9 Å². The maximum atomic E-state index is 17.0. The number of hydrogen-bond acceptors (Lipinski definition) is 7. The largest absolute Gasteiger partial charge is 0.461 e. The molecule has 8 rings (SSSR count). The summed E-state index contributed by atoms with van der Waals surface area (Å²) in [6, 6.07) is 3.58. The van der Waals surface area contributed by atoms with Gasteiger partial charge in [-0.25, -0.2) is 13.2 Å². The van der Waals surface area contributed by atoms with Crippen LogP contribution in [0.15, 0.2) is 18.3 Å². The van der Waals surface area contributed by atoms with Crippen LogP contribution in [0.2, 0.25) is 5.02 Å². The van der Waals surface area contributed by atoms with Gasteiger partial charge in [0.1, 0.15) is 17.9 Å². The molecule has 44 heavy (non-hydrogen) atoms. The van der Waals surface area contributed by atoms with Gasteiger partial charge < -0.3 is 15.0 Å². The first-order valence-corrected chi connectivity index (χ1v) is 15.9. The molecule has 232 valence electrons. The number of piperazine rings is 1. The Morgan fingerprint density at radius 1 is 1.09 bits per heavy atom. The van der Waals surface area contributed by atoms with Crippen LogP contribution in [-0.4, -0.2) is 81.4 Å². The Morgan fingerprint density at radius 2 is 1.89 bits per heavy atom. The minimum absolute atomic E-state index is 0.0397. The fourth-order valence-corrected chi connectivity index (χ4v) is 8.61. The summed E-state index contributed by atoms with van der Waals surface area (Å²) in [4.78, 5) is 13.8. The van der Waals surface area contributed by atoms with Crippen LogP contribution in [0.25, 0.3) is 32.9 Å². The molecule has 0 radical (unpaired) electrons. The third kappa shape index (κ3) is 4.22. The van der Waals surface area contributed by atoms with E-state index in [0.29, 0.717) is 42.8 Å². The van der Waals surface area contributed by atoms with E-state index in [1.807, 2.05) is 24.8 Å². The Morgan fingerprint density at radius 3 is 2.66 bits per heavy atom. The Bertz CT molecular complexity index is 1790. The van der Waals surface area contributed by atoms with E-state index >= 15 is 4.39 Å². The molecule has 4 aliphatic rings. The maximum Gasteiger partial charge on any atom is 0.319 e. The summed E-state index contributed by atoms with van der Waals surface area (Å²) in [6.07, 6.45) is 4.41. The van der Waals surface area contributed by atoms with Gasteiger partial charge in [0.25, 0.3) is 6.43 Å². The smallest absolute Gasteiger partial charge is 0.319 e. The van der Waals surface area contributed by atoms with E-state index < -0.39 is 17.8 Å². The average molecular weight is 626 g/mol. The third-order valence-electron chi connectivity index (χ3n) is 10.7. The van der Waals surface area contributed by atoms with Crippen LogP contribution < -0.4 is 15.0 Å². The van der Waals surface area contributed by atoms with Gasteiger partial charge in [-0.05, 0) is 88.7 Å². The fourth-order valence-electron chi connectivity index (χ4n) is 8.32. The molecule has 2 bridgehead atoms. The predicted molar refractivity (Wildman–Crippen MR) is 164 cm³/mol. The highest BCUT2D eigenvalue weighted by Gasteiger charge is 2.51. The number of hydrogen-bond donors (Lipinski definition) is 2. The summed E-state index contributed by atoms with van der Waals surface area (Å²) in [5.74, 6) is -0.224. The average Bonchev–Trinajstić information content (AvgIpc) is 3.77. The van der Waals surface area contributed by atoms with E-state index in [2.05, 4.69) is 25.4 Å². The zero-order valence-electron chi connectivity index (χ0n) is 24.8. The van der Waals surface area contributed by atoms with Crippen molar-refractivity contribution in [1.82, 2.24) is 30.4 Å². The Kier molecular flexibility index (Phi) is 6.56. The zero-order chi connectivity index (χ0) is 30.4. The standard InChI is InChI=1S/C32H35ClF3N7O/c1-17-11-23-21(13-37-41-23)24(18(17)2)25-22(33)12-20-27(26(25)34)38-30(44-16-31-6-3-9-43(31)10-4-7-31)39-28(20)42-14-19-5-8-32(15-42,40-19)29(35)36/h11-13,19,29,40H,3-10,14-16H2,1-2H3,(H,37,41)/t19-,32?/m1/s1. The molecule has 4 fully saturated rings. The molecule has 0 amide bonds. The van der Waals surface area contributed by atoms with Crippen molar-refractivity contribution in [2.45, 2.75) is 75.9 Å². The van der Waals surface area contributed by atoms with Crippen LogP contribution in [0, 0.1) is 19.7 Å². The van der Waals surface area contributed by atoms with Gasteiger partial charge in [-0.2, -0.15) is 15.1 Å². The van der Waals surface area contributed by atoms with Crippen LogP contribution in [0.3, 0.4) is 0 Å². The molecule has 1 unspecified atom stereocenters. The molecule has 4 saturated heterocycles. The first-order valence-electron chi connectivity index (χ1n) is 15.5. The Hall–Kier alpha value is -3.15. The summed E-state index contributed by atoms with van der Waals surface area (Å²) in [5.41, 5.74) is 2.13. The van der Waals surface area contributed by atoms with Crippen molar-refractivity contribution in [2.24, 2.45) is 0 Å². The molecular formula is C32H35ClF3N7O. The number of alkyl halides is 2. The minimum Gasteiger partial charge on any atom is -0.461 e. The molecule has 2 atom stereocenters. The van der Waals surface area contributed by atoms with Crippen LogP contribution in [-0.2, 0) is 0 Å². The van der Waals surface area contributed by atoms with Gasteiger partial charge in [-0.3, -0.25) is 10.00 Å². The number of halogens is 4. The summed E-state index contributed by atoms with van der Waals surface area (Å²) < 4.78 is 52.1. The lowest BCUT2D eigenvalue weighted by Crippen LogP contribution is -2.63. The normalized spacial score (nSPS) is 24.7. The van der Waals surface area contributed by atoms with Gasteiger partial charge in [0.05, 0.1) is 27.8 Å². The number of nitrogens with zero attached hydrogens (tertiary/aromatic N) is 5. The summed E-state index contributed by atoms with van der Waals surface area (Å²) in [6.45, 7) is 6.89. The van der Waals surface area contributed by atoms with Crippen LogP contribution in [0.4, 0.5) is 19.0 Å². The SMILES string of the molecule is Cc1cc2[nH]ncc2c(-c2c(Cl)cc3c(N4C[C@H]5CCC(C(F)F)(C4)N5)nc(OCC45CCCN4CCC5)nc3c2F)c1C. The Labute approximate surface area is 258 Å². The number of nitrogens with one attached hydrogen (secondary N) is 2. The van der Waals surface area contributed by atoms with E-state index in [1.165, 1.54) is 0 Å². The second kappa shape index (κ2) is 10.2. The lowest BCUT2D eigenvalue weighted by atomic mass is 9.92. The number of ether oxygens (including phenoxy) is 1. The molecule has 2 N–H and O–H groups in total. The highest BCUT2D eigenvalue weighted by molar-refractivity contribution is 6.35. The van der Waals surface area contributed by atoms with Crippen molar-refractivity contribution in [3.8, 4) is 17.1 Å². The second-order valence-electron chi connectivity index (χ2n) is 13.2. The van der Waals surface area contributed by atoms with Gasteiger partial charge in [0.15, 0.2) is 5.82 Å². The predicted octanol–water partition coefficient (Wildman–Crippen LogP) is 6.17. The fraction of sp³-hybridized carbons (Fsp3) is 0.531. The highest BCUT2D eigenvalue weighted by atomic mass is 35.5. The number of benzene rings is 2. The lowest BCUT2D eigenvalue weighted by molar-refractivity contribution is 0.0367. The van der Waals surface area contributed by atoms with Crippen LogP contribution >= 0.6 is 11.6 Å². The van der Waals surface area contributed by atoms with Gasteiger partial charge >= 0.3 is 6.01 Å². The van der Waals surface area contributed by atoms with Gasteiger partial charge in [0, 0.05) is 41.0 Å². The van der Waals surface area contributed by atoms with Gasteiger partial charge in [-0.1, -0.05) is 11.6 Å². The van der Waals surface area contributed by atoms with E-state index in [9.17, 15) is 8.78 Å². The molecule has 4 aromatic rings. The molecule has 0 spiro atoms. The monoisotopic (exact) mass is 625 g/mol.